The fraction of sp³-hybridized carbons (Fsp3) is 0.760. The smallest absolute Gasteiger partial charge is 0.387 e. The second-order valence-electron chi connectivity index (χ2n) is 9.34. The van der Waals surface area contributed by atoms with Crippen LogP contribution in [0.2, 0.25) is 5.02 Å². The highest BCUT2D eigenvalue weighted by molar-refractivity contribution is 6.30. The molecule has 0 unspecified atom stereocenters. The predicted octanol–water partition coefficient (Wildman–Crippen LogP) is 8.51. The number of halogens is 3. The minimum atomic E-state index is -2.87. The Morgan fingerprint density at radius 2 is 1.53 bits per heavy atom. The van der Waals surface area contributed by atoms with E-state index in [1.165, 1.54) is 76.3 Å². The van der Waals surface area contributed by atoms with Crippen LogP contribution in [0.4, 0.5) is 8.78 Å². The zero-order chi connectivity index (χ0) is 21.3. The lowest BCUT2D eigenvalue weighted by atomic mass is 9.69. The Kier molecular flexibility index (Phi) is 9.55. The molecule has 0 radical (unpaired) electrons. The molecule has 0 N–H and O–H groups in total. The first-order valence-corrected chi connectivity index (χ1v) is 12.3. The number of alkyl halides is 2. The van der Waals surface area contributed by atoms with Gasteiger partial charge in [0.1, 0.15) is 0 Å². The Hall–Kier alpha value is -1.03. The summed E-state index contributed by atoms with van der Waals surface area (Å²) in [5, 5.41) is 0.459. The SMILES string of the molecule is CCCCCC1CCC(C2CCC(COc3cc(Cl)ccc3OC(F)F)CC2)CC1. The van der Waals surface area contributed by atoms with Gasteiger partial charge in [0.2, 0.25) is 0 Å². The molecule has 0 heterocycles. The van der Waals surface area contributed by atoms with E-state index in [4.69, 9.17) is 16.3 Å². The molecule has 3 rings (SSSR count). The lowest BCUT2D eigenvalue weighted by Gasteiger charge is -2.38. The van der Waals surface area contributed by atoms with Crippen LogP contribution in [0.3, 0.4) is 0 Å². The number of hydrogen-bond donors (Lipinski definition) is 0. The molecule has 0 spiro atoms. The standard InChI is InChI=1S/C25H37ClF2O2/c1-2-3-4-5-18-6-10-20(11-7-18)21-12-8-19(9-13-21)17-29-24-16-22(26)14-15-23(24)30-25(27)28/h14-16,18-21,25H,2-13,17H2,1H3. The van der Waals surface area contributed by atoms with Gasteiger partial charge in [-0.15, -0.1) is 0 Å². The lowest BCUT2D eigenvalue weighted by molar-refractivity contribution is -0.0517. The monoisotopic (exact) mass is 442 g/mol. The van der Waals surface area contributed by atoms with Crippen LogP contribution in [0.15, 0.2) is 18.2 Å². The molecule has 0 amide bonds. The van der Waals surface area contributed by atoms with Crippen LogP contribution in [-0.4, -0.2) is 13.2 Å². The molecule has 2 aliphatic carbocycles. The van der Waals surface area contributed by atoms with Crippen LogP contribution < -0.4 is 9.47 Å². The molecule has 0 saturated heterocycles. The van der Waals surface area contributed by atoms with Crippen LogP contribution in [0.1, 0.15) is 84.0 Å². The molecule has 2 saturated carbocycles. The second-order valence-corrected chi connectivity index (χ2v) is 9.77. The lowest BCUT2D eigenvalue weighted by Crippen LogP contribution is -2.27. The van der Waals surface area contributed by atoms with Gasteiger partial charge in [-0.3, -0.25) is 0 Å². The van der Waals surface area contributed by atoms with Crippen LogP contribution >= 0.6 is 11.6 Å². The first-order valence-electron chi connectivity index (χ1n) is 11.9. The zero-order valence-electron chi connectivity index (χ0n) is 18.3. The van der Waals surface area contributed by atoms with E-state index in [2.05, 4.69) is 11.7 Å². The molecule has 5 heteroatoms. The van der Waals surface area contributed by atoms with Crippen LogP contribution in [0, 0.1) is 23.7 Å². The molecular formula is C25H37ClF2O2. The summed E-state index contributed by atoms with van der Waals surface area (Å²) in [7, 11) is 0. The van der Waals surface area contributed by atoms with Crippen molar-refractivity contribution in [2.24, 2.45) is 23.7 Å². The minimum absolute atomic E-state index is 0.0544. The molecule has 1 aromatic carbocycles. The highest BCUT2D eigenvalue weighted by atomic mass is 35.5. The van der Waals surface area contributed by atoms with Gasteiger partial charge in [-0.05, 0) is 74.3 Å². The van der Waals surface area contributed by atoms with Crippen molar-refractivity contribution in [3.63, 3.8) is 0 Å². The van der Waals surface area contributed by atoms with Gasteiger partial charge in [0.05, 0.1) is 6.61 Å². The summed E-state index contributed by atoms with van der Waals surface area (Å²) in [4.78, 5) is 0. The predicted molar refractivity (Wildman–Crippen MR) is 119 cm³/mol. The third-order valence-corrected chi connectivity index (χ3v) is 7.50. The first kappa shape index (κ1) is 23.6. The molecular weight excluding hydrogens is 406 g/mol. The van der Waals surface area contributed by atoms with Crippen LogP contribution in [0.5, 0.6) is 11.5 Å². The Balaban J connectivity index is 1.39. The summed E-state index contributed by atoms with van der Waals surface area (Å²) in [5.41, 5.74) is 0. The fourth-order valence-corrected chi connectivity index (χ4v) is 5.62. The Morgan fingerprint density at radius 3 is 2.13 bits per heavy atom. The van der Waals surface area contributed by atoms with Crippen LogP contribution in [0.25, 0.3) is 0 Å². The fourth-order valence-electron chi connectivity index (χ4n) is 5.45. The maximum absolute atomic E-state index is 12.6. The molecule has 0 atom stereocenters. The van der Waals surface area contributed by atoms with Gasteiger partial charge in [-0.1, -0.05) is 57.0 Å². The van der Waals surface area contributed by atoms with E-state index in [9.17, 15) is 8.78 Å². The molecule has 30 heavy (non-hydrogen) atoms. The van der Waals surface area contributed by atoms with Crippen molar-refractivity contribution in [2.75, 3.05) is 6.61 Å². The molecule has 2 aliphatic rings. The topological polar surface area (TPSA) is 18.5 Å². The molecule has 2 nitrogen and oxygen atoms in total. The van der Waals surface area contributed by atoms with Crippen molar-refractivity contribution in [3.05, 3.63) is 23.2 Å². The van der Waals surface area contributed by atoms with Crippen molar-refractivity contribution in [2.45, 2.75) is 90.6 Å². The Morgan fingerprint density at radius 1 is 0.900 bits per heavy atom. The van der Waals surface area contributed by atoms with Crippen molar-refractivity contribution < 1.29 is 18.3 Å². The number of ether oxygens (including phenoxy) is 2. The summed E-state index contributed by atoms with van der Waals surface area (Å²) in [5.74, 6) is 3.59. The third-order valence-electron chi connectivity index (χ3n) is 7.26. The summed E-state index contributed by atoms with van der Waals surface area (Å²) in [6.45, 7) is -0.0501. The maximum atomic E-state index is 12.6. The van der Waals surface area contributed by atoms with Gasteiger partial charge in [0.25, 0.3) is 0 Å². The normalized spacial score (nSPS) is 27.2. The molecule has 0 aliphatic heterocycles. The summed E-state index contributed by atoms with van der Waals surface area (Å²) >= 11 is 6.00. The number of unbranched alkanes of at least 4 members (excludes halogenated alkanes) is 2. The van der Waals surface area contributed by atoms with E-state index < -0.39 is 6.61 Å². The van der Waals surface area contributed by atoms with Gasteiger partial charge in [-0.2, -0.15) is 8.78 Å². The van der Waals surface area contributed by atoms with E-state index in [-0.39, 0.29) is 5.75 Å². The van der Waals surface area contributed by atoms with E-state index in [0.717, 1.165) is 30.6 Å². The largest absolute Gasteiger partial charge is 0.489 e. The maximum Gasteiger partial charge on any atom is 0.387 e. The molecule has 0 bridgehead atoms. The van der Waals surface area contributed by atoms with E-state index in [1.54, 1.807) is 6.07 Å². The summed E-state index contributed by atoms with van der Waals surface area (Å²) in [6, 6.07) is 4.54. The van der Waals surface area contributed by atoms with Crippen molar-refractivity contribution in [3.8, 4) is 11.5 Å². The molecule has 0 aromatic heterocycles. The minimum Gasteiger partial charge on any atom is -0.489 e. The highest BCUT2D eigenvalue weighted by Crippen LogP contribution is 2.42. The van der Waals surface area contributed by atoms with E-state index >= 15 is 0 Å². The average molecular weight is 443 g/mol. The molecule has 1 aromatic rings. The van der Waals surface area contributed by atoms with E-state index in [1.807, 2.05) is 0 Å². The Labute approximate surface area is 185 Å². The molecule has 170 valence electrons. The zero-order valence-corrected chi connectivity index (χ0v) is 19.0. The van der Waals surface area contributed by atoms with Crippen molar-refractivity contribution >= 4 is 11.6 Å². The van der Waals surface area contributed by atoms with Gasteiger partial charge in [0.15, 0.2) is 11.5 Å². The summed E-state index contributed by atoms with van der Waals surface area (Å²) in [6.07, 6.45) is 16.1. The third kappa shape index (κ3) is 7.28. The summed E-state index contributed by atoms with van der Waals surface area (Å²) < 4.78 is 35.6. The number of rotatable bonds is 10. The Bertz CT molecular complexity index is 624. The van der Waals surface area contributed by atoms with E-state index in [0.29, 0.717) is 23.3 Å². The van der Waals surface area contributed by atoms with Crippen LogP contribution in [-0.2, 0) is 0 Å². The number of hydrogen-bond acceptors (Lipinski definition) is 2. The first-order chi connectivity index (χ1) is 14.5. The van der Waals surface area contributed by atoms with Crippen molar-refractivity contribution in [1.29, 1.82) is 0 Å². The van der Waals surface area contributed by atoms with Gasteiger partial charge in [-0.25, -0.2) is 0 Å². The number of benzene rings is 1. The quantitative estimate of drug-likeness (QED) is 0.338. The van der Waals surface area contributed by atoms with Gasteiger partial charge >= 0.3 is 6.61 Å². The average Bonchev–Trinajstić information content (AvgIpc) is 2.75. The molecule has 2 fully saturated rings. The van der Waals surface area contributed by atoms with Crippen molar-refractivity contribution in [1.82, 2.24) is 0 Å². The van der Waals surface area contributed by atoms with Gasteiger partial charge in [0, 0.05) is 11.1 Å². The van der Waals surface area contributed by atoms with Gasteiger partial charge < -0.3 is 9.47 Å². The second kappa shape index (κ2) is 12.1. The highest BCUT2D eigenvalue weighted by Gasteiger charge is 2.31.